The third-order valence-electron chi connectivity index (χ3n) is 3.86. The van der Waals surface area contributed by atoms with Crippen LogP contribution in [0, 0.1) is 6.92 Å². The number of nitrogen functional groups attached to an aromatic ring is 1. The second-order valence-electron chi connectivity index (χ2n) is 5.76. The number of aromatic nitrogens is 3. The molecule has 128 valence electrons. The van der Waals surface area contributed by atoms with Crippen molar-refractivity contribution >= 4 is 37.6 Å². The number of hydrogen-bond acceptors (Lipinski definition) is 6. The molecule has 0 aliphatic rings. The summed E-state index contributed by atoms with van der Waals surface area (Å²) in [6.07, 6.45) is 1.20. The number of pyridine rings is 1. The lowest BCUT2D eigenvalue weighted by molar-refractivity contribution is 0.141. The van der Waals surface area contributed by atoms with Crippen LogP contribution in [0.3, 0.4) is 0 Å². The van der Waals surface area contributed by atoms with E-state index in [1.165, 1.54) is 6.26 Å². The highest BCUT2D eigenvalue weighted by molar-refractivity contribution is 7.90. The predicted molar refractivity (Wildman–Crippen MR) is 94.7 cm³/mol. The van der Waals surface area contributed by atoms with Crippen LogP contribution < -0.4 is 5.73 Å². The number of hydrogen-bond donors (Lipinski definition) is 1. The molecule has 0 spiro atoms. The van der Waals surface area contributed by atoms with Crippen LogP contribution in [0.1, 0.15) is 5.82 Å². The number of sulfone groups is 1. The number of imidazole rings is 1. The van der Waals surface area contributed by atoms with E-state index in [0.717, 1.165) is 22.2 Å². The first-order valence-corrected chi connectivity index (χ1v) is 9.69. The standard InChI is InChI=1S/C16H20N4O3S/c1-11-18-14-15(12-5-3-4-6-13(12)19-16(14)17)20(11)7-8-23-9-10-24(2,21)22/h3-6H,7-10H2,1-2H3,(H2,17,19). The number of rotatable bonds is 6. The van der Waals surface area contributed by atoms with Gasteiger partial charge in [-0.25, -0.2) is 18.4 Å². The Bertz CT molecular complexity index is 995. The first-order valence-electron chi connectivity index (χ1n) is 7.63. The zero-order valence-corrected chi connectivity index (χ0v) is 14.5. The van der Waals surface area contributed by atoms with E-state index in [9.17, 15) is 8.42 Å². The van der Waals surface area contributed by atoms with Crippen molar-refractivity contribution in [2.75, 3.05) is 31.0 Å². The summed E-state index contributed by atoms with van der Waals surface area (Å²) < 4.78 is 29.7. The van der Waals surface area contributed by atoms with Crippen molar-refractivity contribution in [1.82, 2.24) is 14.5 Å². The number of anilines is 1. The van der Waals surface area contributed by atoms with Crippen molar-refractivity contribution < 1.29 is 13.2 Å². The summed E-state index contributed by atoms with van der Waals surface area (Å²) in [5.74, 6) is 1.25. The molecule has 3 aromatic rings. The minimum atomic E-state index is -3.00. The summed E-state index contributed by atoms with van der Waals surface area (Å²) in [6, 6.07) is 7.78. The van der Waals surface area contributed by atoms with Crippen LogP contribution in [0.4, 0.5) is 5.82 Å². The molecule has 7 nitrogen and oxygen atoms in total. The predicted octanol–water partition coefficient (Wildman–Crippen LogP) is 1.54. The summed E-state index contributed by atoms with van der Waals surface area (Å²) in [6.45, 7) is 3.07. The lowest BCUT2D eigenvalue weighted by Crippen LogP contribution is -2.14. The molecule has 0 radical (unpaired) electrons. The van der Waals surface area contributed by atoms with E-state index in [-0.39, 0.29) is 12.4 Å². The van der Waals surface area contributed by atoms with Crippen molar-refractivity contribution in [3.63, 3.8) is 0 Å². The molecule has 2 N–H and O–H groups in total. The SMILES string of the molecule is Cc1nc2c(N)nc3ccccc3c2n1CCOCCS(C)(=O)=O. The van der Waals surface area contributed by atoms with E-state index in [2.05, 4.69) is 9.97 Å². The van der Waals surface area contributed by atoms with Gasteiger partial charge in [0.1, 0.15) is 21.2 Å². The summed E-state index contributed by atoms with van der Waals surface area (Å²) in [5.41, 5.74) is 8.48. The molecule has 2 aromatic heterocycles. The van der Waals surface area contributed by atoms with Gasteiger partial charge < -0.3 is 15.0 Å². The van der Waals surface area contributed by atoms with Crippen molar-refractivity contribution in [3.05, 3.63) is 30.1 Å². The largest absolute Gasteiger partial charge is 0.382 e. The van der Waals surface area contributed by atoms with Crippen molar-refractivity contribution in [3.8, 4) is 0 Å². The smallest absolute Gasteiger partial charge is 0.152 e. The third kappa shape index (κ3) is 3.34. The van der Waals surface area contributed by atoms with E-state index >= 15 is 0 Å². The molecule has 0 fully saturated rings. The van der Waals surface area contributed by atoms with Gasteiger partial charge in [-0.05, 0) is 13.0 Å². The number of aryl methyl sites for hydroxylation is 1. The Morgan fingerprint density at radius 3 is 2.71 bits per heavy atom. The fraction of sp³-hybridized carbons (Fsp3) is 0.375. The van der Waals surface area contributed by atoms with Gasteiger partial charge in [0, 0.05) is 18.2 Å². The number of nitrogens with zero attached hydrogens (tertiary/aromatic N) is 3. The van der Waals surface area contributed by atoms with Gasteiger partial charge in [-0.2, -0.15) is 0 Å². The average Bonchev–Trinajstić information content (AvgIpc) is 2.84. The van der Waals surface area contributed by atoms with E-state index < -0.39 is 9.84 Å². The molecule has 0 saturated carbocycles. The van der Waals surface area contributed by atoms with E-state index in [1.54, 1.807) is 0 Å². The number of ether oxygens (including phenoxy) is 1. The summed E-state index contributed by atoms with van der Waals surface area (Å²) in [7, 11) is -3.00. The molecule has 0 saturated heterocycles. The van der Waals surface area contributed by atoms with Gasteiger partial charge in [0.05, 0.1) is 30.0 Å². The van der Waals surface area contributed by atoms with Gasteiger partial charge in [-0.15, -0.1) is 0 Å². The van der Waals surface area contributed by atoms with Crippen molar-refractivity contribution in [1.29, 1.82) is 0 Å². The molecule has 0 amide bonds. The monoisotopic (exact) mass is 348 g/mol. The van der Waals surface area contributed by atoms with Gasteiger partial charge in [0.15, 0.2) is 5.82 Å². The highest BCUT2D eigenvalue weighted by atomic mass is 32.2. The Morgan fingerprint density at radius 2 is 1.96 bits per heavy atom. The third-order valence-corrected chi connectivity index (χ3v) is 4.77. The molecule has 24 heavy (non-hydrogen) atoms. The Kier molecular flexibility index (Phi) is 4.42. The molecule has 0 aliphatic carbocycles. The number of para-hydroxylation sites is 1. The second kappa shape index (κ2) is 6.37. The molecule has 0 atom stereocenters. The van der Waals surface area contributed by atoms with Gasteiger partial charge in [0.25, 0.3) is 0 Å². The zero-order valence-electron chi connectivity index (χ0n) is 13.7. The maximum Gasteiger partial charge on any atom is 0.152 e. The number of fused-ring (bicyclic) bond motifs is 3. The Hall–Kier alpha value is -2.19. The van der Waals surface area contributed by atoms with Crippen LogP contribution in [0.5, 0.6) is 0 Å². The molecule has 0 unspecified atom stereocenters. The van der Waals surface area contributed by atoms with Crippen LogP contribution in [-0.4, -0.2) is 48.2 Å². The maximum atomic E-state index is 11.1. The molecule has 0 bridgehead atoms. The minimum absolute atomic E-state index is 0.0243. The fourth-order valence-electron chi connectivity index (χ4n) is 2.71. The van der Waals surface area contributed by atoms with Crippen LogP contribution in [0.15, 0.2) is 24.3 Å². The minimum Gasteiger partial charge on any atom is -0.382 e. The van der Waals surface area contributed by atoms with Gasteiger partial charge >= 0.3 is 0 Å². The zero-order chi connectivity index (χ0) is 17.3. The second-order valence-corrected chi connectivity index (χ2v) is 8.02. The Labute approximate surface area is 140 Å². The highest BCUT2D eigenvalue weighted by Crippen LogP contribution is 2.28. The number of benzene rings is 1. The first kappa shape index (κ1) is 16.7. The number of nitrogens with two attached hydrogens (primary N) is 1. The fourth-order valence-corrected chi connectivity index (χ4v) is 3.13. The Morgan fingerprint density at radius 1 is 1.21 bits per heavy atom. The van der Waals surface area contributed by atoms with Crippen molar-refractivity contribution in [2.45, 2.75) is 13.5 Å². The maximum absolute atomic E-state index is 11.1. The molecule has 1 aromatic carbocycles. The average molecular weight is 348 g/mol. The van der Waals surface area contributed by atoms with Crippen LogP contribution in [0.2, 0.25) is 0 Å². The van der Waals surface area contributed by atoms with Crippen molar-refractivity contribution in [2.24, 2.45) is 0 Å². The lowest BCUT2D eigenvalue weighted by atomic mass is 10.2. The quantitative estimate of drug-likeness (QED) is 0.678. The summed E-state index contributed by atoms with van der Waals surface area (Å²) in [4.78, 5) is 8.92. The van der Waals surface area contributed by atoms with E-state index in [0.29, 0.717) is 24.5 Å². The molecular weight excluding hydrogens is 328 g/mol. The van der Waals surface area contributed by atoms with E-state index in [4.69, 9.17) is 10.5 Å². The molecule has 2 heterocycles. The molecule has 8 heteroatoms. The lowest BCUT2D eigenvalue weighted by Gasteiger charge is -2.09. The van der Waals surface area contributed by atoms with Gasteiger partial charge in [0.2, 0.25) is 0 Å². The van der Waals surface area contributed by atoms with Crippen LogP contribution in [-0.2, 0) is 21.1 Å². The highest BCUT2D eigenvalue weighted by Gasteiger charge is 2.14. The molecular formula is C16H20N4O3S. The van der Waals surface area contributed by atoms with Gasteiger partial charge in [-0.1, -0.05) is 18.2 Å². The molecule has 0 aliphatic heterocycles. The normalized spacial score (nSPS) is 12.2. The first-order chi connectivity index (χ1) is 11.4. The Balaban J connectivity index is 1.89. The van der Waals surface area contributed by atoms with Gasteiger partial charge in [-0.3, -0.25) is 0 Å². The summed E-state index contributed by atoms with van der Waals surface area (Å²) >= 11 is 0. The topological polar surface area (TPSA) is 100 Å². The van der Waals surface area contributed by atoms with Crippen LogP contribution >= 0.6 is 0 Å². The van der Waals surface area contributed by atoms with Crippen LogP contribution in [0.25, 0.3) is 21.9 Å². The summed E-state index contributed by atoms with van der Waals surface area (Å²) in [5, 5.41) is 0.985. The molecule has 3 rings (SSSR count). The van der Waals surface area contributed by atoms with E-state index in [1.807, 2.05) is 35.8 Å².